The molecule has 1 amide bonds. The molecule has 20 heavy (non-hydrogen) atoms. The monoisotopic (exact) mass is 282 g/mol. The molecule has 2 N–H and O–H groups in total. The highest BCUT2D eigenvalue weighted by molar-refractivity contribution is 5.86. The first kappa shape index (κ1) is 14.5. The van der Waals surface area contributed by atoms with Crippen LogP contribution in [0.25, 0.3) is 0 Å². The van der Waals surface area contributed by atoms with Crippen LogP contribution in [0, 0.1) is 0 Å². The Morgan fingerprint density at radius 1 is 1.45 bits per heavy atom. The second-order valence-corrected chi connectivity index (χ2v) is 4.88. The maximum Gasteiger partial charge on any atom is 0.352 e. The van der Waals surface area contributed by atoms with Crippen molar-refractivity contribution in [2.24, 2.45) is 0 Å². The lowest BCUT2D eigenvalue weighted by molar-refractivity contribution is -0.147. The Balaban J connectivity index is 2.04. The molecule has 2 heterocycles. The summed E-state index contributed by atoms with van der Waals surface area (Å²) in [5.74, 6) is -1.25. The van der Waals surface area contributed by atoms with E-state index in [1.807, 2.05) is 6.92 Å². The molecule has 7 heteroatoms. The van der Waals surface area contributed by atoms with E-state index in [4.69, 9.17) is 14.9 Å². The molecule has 1 fully saturated rings. The van der Waals surface area contributed by atoms with Crippen LogP contribution >= 0.6 is 0 Å². The molecular formula is C13H18N2O5. The average molecular weight is 282 g/mol. The number of carbonyl (C=O) groups is 2. The number of aliphatic hydroxyl groups is 1. The van der Waals surface area contributed by atoms with Crippen LogP contribution in [-0.4, -0.2) is 63.5 Å². The smallest absolute Gasteiger partial charge is 0.352 e. The summed E-state index contributed by atoms with van der Waals surface area (Å²) in [5, 5.41) is 18.1. The topological polar surface area (TPSA) is 92.0 Å². The molecule has 1 saturated heterocycles. The van der Waals surface area contributed by atoms with Gasteiger partial charge in [-0.25, -0.2) is 4.79 Å². The molecule has 1 aromatic rings. The van der Waals surface area contributed by atoms with Gasteiger partial charge in [-0.3, -0.25) is 4.79 Å². The third-order valence-electron chi connectivity index (χ3n) is 3.24. The molecule has 2 atom stereocenters. The summed E-state index contributed by atoms with van der Waals surface area (Å²) >= 11 is 0. The first-order valence-corrected chi connectivity index (χ1v) is 6.43. The van der Waals surface area contributed by atoms with Crippen molar-refractivity contribution in [2.75, 3.05) is 19.7 Å². The number of hydrogen-bond acceptors (Lipinski definition) is 4. The molecule has 0 spiro atoms. The van der Waals surface area contributed by atoms with E-state index in [0.717, 1.165) is 0 Å². The first-order chi connectivity index (χ1) is 9.51. The number of aliphatic hydroxyl groups excluding tert-OH is 1. The maximum absolute atomic E-state index is 12.2. The fourth-order valence-electron chi connectivity index (χ4n) is 2.34. The normalized spacial score (nSPS) is 22.8. The van der Waals surface area contributed by atoms with Gasteiger partial charge >= 0.3 is 5.97 Å². The Labute approximate surface area is 116 Å². The Morgan fingerprint density at radius 2 is 2.20 bits per heavy atom. The third kappa shape index (κ3) is 3.17. The lowest BCUT2D eigenvalue weighted by atomic mass is 10.2. The molecule has 110 valence electrons. The lowest BCUT2D eigenvalue weighted by Crippen LogP contribution is -2.51. The van der Waals surface area contributed by atoms with Gasteiger partial charge in [-0.15, -0.1) is 0 Å². The molecular weight excluding hydrogens is 264 g/mol. The van der Waals surface area contributed by atoms with Crippen LogP contribution in [0.1, 0.15) is 17.4 Å². The van der Waals surface area contributed by atoms with E-state index in [1.54, 1.807) is 17.2 Å². The molecule has 1 aliphatic rings. The van der Waals surface area contributed by atoms with E-state index in [1.165, 1.54) is 10.6 Å². The number of ether oxygens (including phenoxy) is 1. The van der Waals surface area contributed by atoms with Gasteiger partial charge in [0.1, 0.15) is 12.2 Å². The average Bonchev–Trinajstić information content (AvgIpc) is 2.86. The van der Waals surface area contributed by atoms with E-state index in [2.05, 4.69) is 0 Å². The number of aromatic carboxylic acids is 1. The molecule has 0 radical (unpaired) electrons. The number of hydrogen-bond donors (Lipinski definition) is 2. The van der Waals surface area contributed by atoms with Gasteiger partial charge in [-0.1, -0.05) is 0 Å². The Morgan fingerprint density at radius 3 is 2.85 bits per heavy atom. The van der Waals surface area contributed by atoms with Gasteiger partial charge in [-0.05, 0) is 19.1 Å². The van der Waals surface area contributed by atoms with Crippen molar-refractivity contribution in [2.45, 2.75) is 25.7 Å². The summed E-state index contributed by atoms with van der Waals surface area (Å²) in [5.41, 5.74) is 0.0818. The van der Waals surface area contributed by atoms with Crippen molar-refractivity contribution in [3.63, 3.8) is 0 Å². The van der Waals surface area contributed by atoms with Crippen LogP contribution in [-0.2, 0) is 16.1 Å². The van der Waals surface area contributed by atoms with Crippen LogP contribution in [0.4, 0.5) is 0 Å². The van der Waals surface area contributed by atoms with E-state index in [9.17, 15) is 9.59 Å². The van der Waals surface area contributed by atoms with Crippen molar-refractivity contribution in [1.29, 1.82) is 0 Å². The lowest BCUT2D eigenvalue weighted by Gasteiger charge is -2.36. The van der Waals surface area contributed by atoms with Crippen LogP contribution in [0.5, 0.6) is 0 Å². The van der Waals surface area contributed by atoms with E-state index < -0.39 is 5.97 Å². The maximum atomic E-state index is 12.2. The van der Waals surface area contributed by atoms with Crippen molar-refractivity contribution in [3.8, 4) is 0 Å². The highest BCUT2D eigenvalue weighted by Crippen LogP contribution is 2.12. The molecule has 2 rings (SSSR count). The Kier molecular flexibility index (Phi) is 4.41. The number of carbonyl (C=O) groups excluding carboxylic acids is 1. The van der Waals surface area contributed by atoms with Crippen molar-refractivity contribution < 1.29 is 24.5 Å². The third-order valence-corrected chi connectivity index (χ3v) is 3.24. The Hall–Kier alpha value is -1.86. The second-order valence-electron chi connectivity index (χ2n) is 4.88. The molecule has 2 unspecified atom stereocenters. The molecule has 0 aliphatic carbocycles. The van der Waals surface area contributed by atoms with Gasteiger partial charge < -0.3 is 24.4 Å². The molecule has 7 nitrogen and oxygen atoms in total. The highest BCUT2D eigenvalue weighted by Gasteiger charge is 2.28. The van der Waals surface area contributed by atoms with Crippen LogP contribution in [0.2, 0.25) is 0 Å². The standard InChI is InChI=1S/C13H18N2O5/c1-9-5-15(6-10(8-16)20-9)12(17)7-14-4-2-3-11(14)13(18)19/h2-4,9-10,16H,5-8H2,1H3,(H,18,19). The number of morpholine rings is 1. The summed E-state index contributed by atoms with van der Waals surface area (Å²) < 4.78 is 6.87. The largest absolute Gasteiger partial charge is 0.477 e. The highest BCUT2D eigenvalue weighted by atomic mass is 16.5. The number of rotatable bonds is 4. The zero-order valence-corrected chi connectivity index (χ0v) is 11.2. The van der Waals surface area contributed by atoms with Crippen LogP contribution in [0.15, 0.2) is 18.3 Å². The van der Waals surface area contributed by atoms with Gasteiger partial charge in [0.05, 0.1) is 18.8 Å². The van der Waals surface area contributed by atoms with Gasteiger partial charge in [0.2, 0.25) is 5.91 Å². The fourth-order valence-corrected chi connectivity index (χ4v) is 2.34. The molecule has 1 aliphatic heterocycles. The molecule has 0 aromatic carbocycles. The van der Waals surface area contributed by atoms with E-state index in [-0.39, 0.29) is 37.0 Å². The summed E-state index contributed by atoms with van der Waals surface area (Å²) in [6, 6.07) is 3.04. The summed E-state index contributed by atoms with van der Waals surface area (Å²) in [6.07, 6.45) is 1.04. The van der Waals surface area contributed by atoms with Crippen molar-refractivity contribution in [3.05, 3.63) is 24.0 Å². The van der Waals surface area contributed by atoms with E-state index in [0.29, 0.717) is 13.1 Å². The predicted molar refractivity (Wildman–Crippen MR) is 69.4 cm³/mol. The fraction of sp³-hybridized carbons (Fsp3) is 0.538. The van der Waals surface area contributed by atoms with Gasteiger partial charge in [0.15, 0.2) is 0 Å². The minimum Gasteiger partial charge on any atom is -0.477 e. The van der Waals surface area contributed by atoms with Gasteiger partial charge in [0, 0.05) is 19.3 Å². The number of carboxylic acids is 1. The van der Waals surface area contributed by atoms with Crippen LogP contribution in [0.3, 0.4) is 0 Å². The zero-order valence-electron chi connectivity index (χ0n) is 11.2. The molecule has 0 saturated carbocycles. The molecule has 0 bridgehead atoms. The second kappa shape index (κ2) is 6.06. The summed E-state index contributed by atoms with van der Waals surface area (Å²) in [6.45, 7) is 2.43. The van der Waals surface area contributed by atoms with Crippen LogP contribution < -0.4 is 0 Å². The summed E-state index contributed by atoms with van der Waals surface area (Å²) in [7, 11) is 0. The number of aromatic nitrogens is 1. The SMILES string of the molecule is CC1CN(C(=O)Cn2cccc2C(=O)O)CC(CO)O1. The van der Waals surface area contributed by atoms with Gasteiger partial charge in [0.25, 0.3) is 0 Å². The predicted octanol–water partition coefficient (Wildman–Crippen LogP) is -0.206. The first-order valence-electron chi connectivity index (χ1n) is 6.43. The number of carboxylic acid groups (broad SMARTS) is 1. The number of amides is 1. The van der Waals surface area contributed by atoms with Crippen molar-refractivity contribution >= 4 is 11.9 Å². The van der Waals surface area contributed by atoms with Gasteiger partial charge in [-0.2, -0.15) is 0 Å². The van der Waals surface area contributed by atoms with E-state index >= 15 is 0 Å². The minimum atomic E-state index is -1.06. The number of nitrogens with zero attached hydrogens (tertiary/aromatic N) is 2. The summed E-state index contributed by atoms with van der Waals surface area (Å²) in [4.78, 5) is 24.8. The zero-order chi connectivity index (χ0) is 14.7. The molecule has 1 aromatic heterocycles. The van der Waals surface area contributed by atoms with Crippen molar-refractivity contribution in [1.82, 2.24) is 9.47 Å². The Bertz CT molecular complexity index is 499. The minimum absolute atomic E-state index is 0.0283. The quantitative estimate of drug-likeness (QED) is 0.797.